The highest BCUT2D eigenvalue weighted by molar-refractivity contribution is 5.13. The van der Waals surface area contributed by atoms with E-state index in [2.05, 4.69) is 0 Å². The first-order valence-corrected chi connectivity index (χ1v) is 2.96. The molecule has 0 aliphatic carbocycles. The summed E-state index contributed by atoms with van der Waals surface area (Å²) in [5.74, 6) is -0.171. The molecule has 0 aliphatic rings. The zero-order valence-corrected chi connectivity index (χ0v) is 6.13. The minimum Gasteiger partial charge on any atom is -0.400 e. The highest BCUT2D eigenvalue weighted by Gasteiger charge is 1.83. The van der Waals surface area contributed by atoms with Gasteiger partial charge in [-0.15, -0.1) is 0 Å². The quantitative estimate of drug-likeness (QED) is 0.585. The van der Waals surface area contributed by atoms with E-state index >= 15 is 0 Å². The van der Waals surface area contributed by atoms with E-state index in [1.807, 2.05) is 6.92 Å². The van der Waals surface area contributed by atoms with Gasteiger partial charge in [-0.25, -0.2) is 4.39 Å². The molecule has 0 aromatic heterocycles. The van der Waals surface area contributed by atoms with Gasteiger partial charge in [-0.2, -0.15) is 0 Å². The molecule has 0 radical (unpaired) electrons. The van der Waals surface area contributed by atoms with E-state index in [9.17, 15) is 4.39 Å². The average molecular weight is 142 g/mol. The molecular weight excluding hydrogens is 131 g/mol. The molecule has 1 aromatic rings. The van der Waals surface area contributed by atoms with Crippen molar-refractivity contribution in [1.29, 1.82) is 0 Å². The van der Waals surface area contributed by atoms with Gasteiger partial charge in [0.25, 0.3) is 0 Å². The summed E-state index contributed by atoms with van der Waals surface area (Å²) >= 11 is 0. The van der Waals surface area contributed by atoms with Gasteiger partial charge in [-0.3, -0.25) is 0 Å². The number of halogens is 1. The Kier molecular flexibility index (Phi) is 4.50. The minimum atomic E-state index is -0.171. The highest BCUT2D eigenvalue weighted by atomic mass is 19.1. The van der Waals surface area contributed by atoms with E-state index in [1.54, 1.807) is 12.1 Å². The van der Waals surface area contributed by atoms with Gasteiger partial charge >= 0.3 is 0 Å². The molecule has 0 saturated heterocycles. The third-order valence-electron chi connectivity index (χ3n) is 1.01. The Balaban J connectivity index is 0.000000371. The van der Waals surface area contributed by atoms with Crippen molar-refractivity contribution in [3.05, 3.63) is 35.6 Å². The zero-order valence-electron chi connectivity index (χ0n) is 6.13. The van der Waals surface area contributed by atoms with Crippen molar-refractivity contribution in [3.8, 4) is 0 Å². The Morgan fingerprint density at radius 1 is 1.10 bits per heavy atom. The maximum absolute atomic E-state index is 12.1. The van der Waals surface area contributed by atoms with Gasteiger partial charge < -0.3 is 5.11 Å². The number of rotatable bonds is 0. The molecule has 0 saturated carbocycles. The number of hydrogen-bond acceptors (Lipinski definition) is 1. The second-order valence-corrected chi connectivity index (χ2v) is 1.80. The molecule has 0 unspecified atom stereocenters. The van der Waals surface area contributed by atoms with Gasteiger partial charge in [-0.05, 0) is 19.1 Å². The molecule has 0 heterocycles. The number of benzene rings is 1. The van der Waals surface area contributed by atoms with E-state index < -0.39 is 0 Å². The van der Waals surface area contributed by atoms with E-state index in [4.69, 9.17) is 5.11 Å². The van der Waals surface area contributed by atoms with Gasteiger partial charge in [0.15, 0.2) is 0 Å². The van der Waals surface area contributed by atoms with Crippen LogP contribution in [-0.2, 0) is 0 Å². The summed E-state index contributed by atoms with van der Waals surface area (Å²) in [4.78, 5) is 0. The van der Waals surface area contributed by atoms with Crippen LogP contribution in [0.5, 0.6) is 0 Å². The Labute approximate surface area is 60.1 Å². The van der Waals surface area contributed by atoms with Crippen molar-refractivity contribution in [1.82, 2.24) is 0 Å². The summed E-state index contributed by atoms with van der Waals surface area (Å²) in [6.45, 7) is 1.93. The molecule has 0 atom stereocenters. The zero-order chi connectivity index (χ0) is 7.98. The van der Waals surface area contributed by atoms with Crippen molar-refractivity contribution in [2.24, 2.45) is 0 Å². The fraction of sp³-hybridized carbons (Fsp3) is 0.250. The van der Waals surface area contributed by atoms with Crippen LogP contribution in [0.15, 0.2) is 24.3 Å². The fourth-order valence-corrected chi connectivity index (χ4v) is 0.533. The van der Waals surface area contributed by atoms with Crippen LogP contribution in [0.2, 0.25) is 0 Å². The molecule has 56 valence electrons. The number of hydrogen-bond donors (Lipinski definition) is 1. The molecule has 10 heavy (non-hydrogen) atoms. The van der Waals surface area contributed by atoms with E-state index in [0.29, 0.717) is 0 Å². The predicted molar refractivity (Wildman–Crippen MR) is 39.3 cm³/mol. The van der Waals surface area contributed by atoms with Crippen LogP contribution in [-0.4, -0.2) is 12.2 Å². The van der Waals surface area contributed by atoms with Crippen LogP contribution in [0.3, 0.4) is 0 Å². The summed E-state index contributed by atoms with van der Waals surface area (Å²) in [6, 6.07) is 6.40. The smallest absolute Gasteiger partial charge is 0.123 e. The standard InChI is InChI=1S/C7H7F.CH4O/c1-6-2-4-7(8)5-3-6;1-2/h2-5H,1H3;2H,1H3. The summed E-state index contributed by atoms with van der Waals surface area (Å²) in [6.07, 6.45) is 0. The maximum Gasteiger partial charge on any atom is 0.123 e. The molecular formula is C8H11FO. The molecule has 0 amide bonds. The lowest BCUT2D eigenvalue weighted by Crippen LogP contribution is -1.71. The van der Waals surface area contributed by atoms with Gasteiger partial charge in [0.05, 0.1) is 0 Å². The second-order valence-electron chi connectivity index (χ2n) is 1.80. The monoisotopic (exact) mass is 142 g/mol. The lowest BCUT2D eigenvalue weighted by atomic mass is 10.2. The summed E-state index contributed by atoms with van der Waals surface area (Å²) in [7, 11) is 1.00. The number of aryl methyl sites for hydroxylation is 1. The molecule has 1 aromatic carbocycles. The molecule has 1 N–H and O–H groups in total. The summed E-state index contributed by atoms with van der Waals surface area (Å²) in [5, 5.41) is 7.00. The van der Waals surface area contributed by atoms with Crippen LogP contribution < -0.4 is 0 Å². The maximum atomic E-state index is 12.1. The lowest BCUT2D eigenvalue weighted by Gasteiger charge is -1.87. The van der Waals surface area contributed by atoms with Crippen LogP contribution in [0.4, 0.5) is 4.39 Å². The minimum absolute atomic E-state index is 0.171. The van der Waals surface area contributed by atoms with Crippen molar-refractivity contribution in [2.45, 2.75) is 6.92 Å². The normalized spacial score (nSPS) is 8.00. The first kappa shape index (κ1) is 9.11. The number of aliphatic hydroxyl groups excluding tert-OH is 1. The topological polar surface area (TPSA) is 20.2 Å². The van der Waals surface area contributed by atoms with Gasteiger partial charge in [-0.1, -0.05) is 17.7 Å². The summed E-state index contributed by atoms with van der Waals surface area (Å²) < 4.78 is 12.1. The first-order chi connectivity index (χ1) is 4.79. The van der Waals surface area contributed by atoms with Crippen LogP contribution in [0, 0.1) is 12.7 Å². The predicted octanol–water partition coefficient (Wildman–Crippen LogP) is 1.74. The number of aliphatic hydroxyl groups is 1. The lowest BCUT2D eigenvalue weighted by molar-refractivity contribution is 0.399. The molecule has 1 rings (SSSR count). The third kappa shape index (κ3) is 3.20. The van der Waals surface area contributed by atoms with Crippen molar-refractivity contribution >= 4 is 0 Å². The highest BCUT2D eigenvalue weighted by Crippen LogP contribution is 1.98. The van der Waals surface area contributed by atoms with Crippen molar-refractivity contribution < 1.29 is 9.50 Å². The van der Waals surface area contributed by atoms with Crippen LogP contribution >= 0.6 is 0 Å². The molecule has 0 bridgehead atoms. The molecule has 0 spiro atoms. The average Bonchev–Trinajstić information content (AvgIpc) is 2.00. The van der Waals surface area contributed by atoms with E-state index in [0.717, 1.165) is 12.7 Å². The van der Waals surface area contributed by atoms with Gasteiger partial charge in [0, 0.05) is 7.11 Å². The first-order valence-electron chi connectivity index (χ1n) is 2.96. The Morgan fingerprint density at radius 3 is 1.80 bits per heavy atom. The Hall–Kier alpha value is -0.890. The fourth-order valence-electron chi connectivity index (χ4n) is 0.533. The molecule has 0 aliphatic heterocycles. The SMILES string of the molecule is CO.Cc1ccc(F)cc1. The summed E-state index contributed by atoms with van der Waals surface area (Å²) in [5.41, 5.74) is 1.09. The molecule has 0 fully saturated rings. The van der Waals surface area contributed by atoms with E-state index in [-0.39, 0.29) is 5.82 Å². The van der Waals surface area contributed by atoms with Crippen molar-refractivity contribution in [2.75, 3.05) is 7.11 Å². The molecule has 1 nitrogen and oxygen atoms in total. The Morgan fingerprint density at radius 2 is 1.50 bits per heavy atom. The van der Waals surface area contributed by atoms with Gasteiger partial charge in [0.2, 0.25) is 0 Å². The second kappa shape index (κ2) is 4.94. The van der Waals surface area contributed by atoms with Crippen molar-refractivity contribution in [3.63, 3.8) is 0 Å². The largest absolute Gasteiger partial charge is 0.400 e. The Bertz CT molecular complexity index is 148. The van der Waals surface area contributed by atoms with Crippen LogP contribution in [0.25, 0.3) is 0 Å². The van der Waals surface area contributed by atoms with Gasteiger partial charge in [0.1, 0.15) is 5.82 Å². The van der Waals surface area contributed by atoms with E-state index in [1.165, 1.54) is 12.1 Å². The third-order valence-corrected chi connectivity index (χ3v) is 1.01. The van der Waals surface area contributed by atoms with Crippen LogP contribution in [0.1, 0.15) is 5.56 Å². The molecule has 2 heteroatoms.